The van der Waals surface area contributed by atoms with Gasteiger partial charge >= 0.3 is 0 Å². The second-order valence-corrected chi connectivity index (χ2v) is 6.56. The molecule has 0 saturated carbocycles. The molecule has 0 amide bonds. The van der Waals surface area contributed by atoms with E-state index < -0.39 is 0 Å². The number of fused-ring (bicyclic) bond motifs is 1. The summed E-state index contributed by atoms with van der Waals surface area (Å²) in [5.41, 5.74) is 7.47. The van der Waals surface area contributed by atoms with Crippen LogP contribution in [0.4, 0.5) is 0 Å². The van der Waals surface area contributed by atoms with E-state index in [4.69, 9.17) is 15.2 Å². The van der Waals surface area contributed by atoms with Gasteiger partial charge in [-0.2, -0.15) is 0 Å². The minimum atomic E-state index is -0.131. The number of rotatable bonds is 1. The Labute approximate surface area is 120 Å². The number of hydrogen-bond acceptors (Lipinski definition) is 4. The number of nitrogens with zero attached hydrogens (tertiary/aromatic N) is 1. The summed E-state index contributed by atoms with van der Waals surface area (Å²) < 4.78 is 11.9. The van der Waals surface area contributed by atoms with Gasteiger partial charge in [-0.05, 0) is 26.8 Å². The van der Waals surface area contributed by atoms with Crippen LogP contribution in [0.25, 0.3) is 0 Å². The predicted molar refractivity (Wildman–Crippen MR) is 78.9 cm³/mol. The molecule has 2 heterocycles. The van der Waals surface area contributed by atoms with Crippen LogP contribution in [0.15, 0.2) is 24.3 Å². The molecule has 1 aromatic rings. The van der Waals surface area contributed by atoms with E-state index in [9.17, 15) is 0 Å². The molecule has 2 aliphatic rings. The van der Waals surface area contributed by atoms with Crippen LogP contribution in [-0.4, -0.2) is 42.3 Å². The Hall–Kier alpha value is -1.10. The molecule has 3 atom stereocenters. The molecular formula is C16H24N2O2. The van der Waals surface area contributed by atoms with E-state index in [1.165, 1.54) is 0 Å². The van der Waals surface area contributed by atoms with Gasteiger partial charge in [-0.25, -0.2) is 0 Å². The first-order valence-electron chi connectivity index (χ1n) is 7.35. The first-order valence-corrected chi connectivity index (χ1v) is 7.35. The lowest BCUT2D eigenvalue weighted by atomic mass is 9.93. The van der Waals surface area contributed by atoms with Gasteiger partial charge in [-0.1, -0.05) is 18.2 Å². The molecule has 1 aromatic carbocycles. The van der Waals surface area contributed by atoms with E-state index in [0.29, 0.717) is 6.61 Å². The second-order valence-electron chi connectivity index (χ2n) is 6.56. The van der Waals surface area contributed by atoms with Gasteiger partial charge in [-0.3, -0.25) is 4.90 Å². The van der Waals surface area contributed by atoms with Gasteiger partial charge in [0.05, 0.1) is 23.8 Å². The second kappa shape index (κ2) is 5.02. The average Bonchev–Trinajstić information content (AvgIpc) is 2.37. The van der Waals surface area contributed by atoms with Crippen LogP contribution >= 0.6 is 0 Å². The highest BCUT2D eigenvalue weighted by atomic mass is 16.5. The number of hydrogen-bond donors (Lipinski definition) is 1. The van der Waals surface area contributed by atoms with Gasteiger partial charge in [-0.15, -0.1) is 0 Å². The molecule has 4 heteroatoms. The standard InChI is InChI=1S/C16H24N2O2/c1-11-8-18(10-16(2,3)20-11)13-9-19-14-7-5-4-6-12(14)15(13)17/h4-7,11,13,15H,8-10,17H2,1-3H3. The van der Waals surface area contributed by atoms with Crippen LogP contribution in [-0.2, 0) is 4.74 Å². The Morgan fingerprint density at radius 2 is 2.05 bits per heavy atom. The Morgan fingerprint density at radius 1 is 1.30 bits per heavy atom. The lowest BCUT2D eigenvalue weighted by molar-refractivity contribution is -0.143. The van der Waals surface area contributed by atoms with Crippen molar-refractivity contribution in [2.75, 3.05) is 19.7 Å². The largest absolute Gasteiger partial charge is 0.492 e. The van der Waals surface area contributed by atoms with Crippen molar-refractivity contribution in [1.82, 2.24) is 4.90 Å². The lowest BCUT2D eigenvalue weighted by Crippen LogP contribution is -2.59. The van der Waals surface area contributed by atoms with Crippen molar-refractivity contribution in [2.45, 2.75) is 44.6 Å². The smallest absolute Gasteiger partial charge is 0.124 e. The first-order chi connectivity index (χ1) is 9.46. The van der Waals surface area contributed by atoms with E-state index in [1.54, 1.807) is 0 Å². The highest BCUT2D eigenvalue weighted by molar-refractivity contribution is 5.38. The summed E-state index contributed by atoms with van der Waals surface area (Å²) in [6.45, 7) is 8.85. The Bertz CT molecular complexity index is 489. The molecule has 1 fully saturated rings. The maximum absolute atomic E-state index is 6.49. The number of nitrogens with two attached hydrogens (primary N) is 1. The third-order valence-electron chi connectivity index (χ3n) is 4.17. The summed E-state index contributed by atoms with van der Waals surface area (Å²) >= 11 is 0. The van der Waals surface area contributed by atoms with Crippen LogP contribution in [0.3, 0.4) is 0 Å². The van der Waals surface area contributed by atoms with Gasteiger partial charge in [0.15, 0.2) is 0 Å². The maximum Gasteiger partial charge on any atom is 0.124 e. The minimum Gasteiger partial charge on any atom is -0.492 e. The van der Waals surface area contributed by atoms with Crippen molar-refractivity contribution in [1.29, 1.82) is 0 Å². The van der Waals surface area contributed by atoms with Gasteiger partial charge < -0.3 is 15.2 Å². The average molecular weight is 276 g/mol. The van der Waals surface area contributed by atoms with Crippen LogP contribution in [0.2, 0.25) is 0 Å². The SMILES string of the molecule is CC1CN(C2COc3ccccc3C2N)CC(C)(C)O1. The monoisotopic (exact) mass is 276 g/mol. The van der Waals surface area contributed by atoms with E-state index in [1.807, 2.05) is 18.2 Å². The lowest BCUT2D eigenvalue weighted by Gasteiger charge is -2.47. The third-order valence-corrected chi connectivity index (χ3v) is 4.17. The fourth-order valence-corrected chi connectivity index (χ4v) is 3.46. The molecule has 0 bridgehead atoms. The van der Waals surface area contributed by atoms with Crippen molar-refractivity contribution >= 4 is 0 Å². The zero-order valence-corrected chi connectivity index (χ0v) is 12.5. The van der Waals surface area contributed by atoms with Crippen molar-refractivity contribution in [3.8, 4) is 5.75 Å². The van der Waals surface area contributed by atoms with E-state index in [0.717, 1.165) is 24.4 Å². The summed E-state index contributed by atoms with van der Waals surface area (Å²) in [7, 11) is 0. The van der Waals surface area contributed by atoms with Gasteiger partial charge in [0.25, 0.3) is 0 Å². The Morgan fingerprint density at radius 3 is 2.80 bits per heavy atom. The zero-order valence-electron chi connectivity index (χ0n) is 12.5. The molecular weight excluding hydrogens is 252 g/mol. The highest BCUT2D eigenvalue weighted by Crippen LogP contribution is 2.34. The molecule has 20 heavy (non-hydrogen) atoms. The first kappa shape index (κ1) is 13.9. The van der Waals surface area contributed by atoms with Gasteiger partial charge in [0.1, 0.15) is 12.4 Å². The fourth-order valence-electron chi connectivity index (χ4n) is 3.46. The summed E-state index contributed by atoms with van der Waals surface area (Å²) in [5.74, 6) is 0.928. The predicted octanol–water partition coefficient (Wildman–Crippen LogP) is 1.95. The van der Waals surface area contributed by atoms with Gasteiger partial charge in [0.2, 0.25) is 0 Å². The van der Waals surface area contributed by atoms with E-state index in [2.05, 4.69) is 31.7 Å². The Balaban J connectivity index is 1.82. The van der Waals surface area contributed by atoms with Crippen LogP contribution < -0.4 is 10.5 Å². The molecule has 4 nitrogen and oxygen atoms in total. The molecule has 0 aromatic heterocycles. The molecule has 0 aliphatic carbocycles. The molecule has 0 radical (unpaired) electrons. The van der Waals surface area contributed by atoms with Crippen LogP contribution in [0.5, 0.6) is 5.75 Å². The highest BCUT2D eigenvalue weighted by Gasteiger charge is 2.39. The van der Waals surface area contributed by atoms with Crippen LogP contribution in [0, 0.1) is 0 Å². The normalized spacial score (nSPS) is 33.3. The maximum atomic E-state index is 6.49. The third kappa shape index (κ3) is 2.55. The van der Waals surface area contributed by atoms with Crippen molar-refractivity contribution in [3.05, 3.63) is 29.8 Å². The summed E-state index contributed by atoms with van der Waals surface area (Å²) in [4.78, 5) is 2.43. The molecule has 0 spiro atoms. The summed E-state index contributed by atoms with van der Waals surface area (Å²) in [6, 6.07) is 8.30. The topological polar surface area (TPSA) is 47.7 Å². The molecule has 1 saturated heterocycles. The quantitative estimate of drug-likeness (QED) is 0.851. The van der Waals surface area contributed by atoms with Crippen molar-refractivity contribution in [2.24, 2.45) is 5.73 Å². The van der Waals surface area contributed by atoms with Gasteiger partial charge in [0, 0.05) is 18.7 Å². The number of benzene rings is 1. The number of morpholine rings is 1. The molecule has 3 rings (SSSR count). The van der Waals surface area contributed by atoms with Crippen LogP contribution in [0.1, 0.15) is 32.4 Å². The van der Waals surface area contributed by atoms with E-state index >= 15 is 0 Å². The summed E-state index contributed by atoms with van der Waals surface area (Å²) in [6.07, 6.45) is 0.225. The molecule has 3 unspecified atom stereocenters. The fraction of sp³-hybridized carbons (Fsp3) is 0.625. The number of para-hydroxylation sites is 1. The zero-order chi connectivity index (χ0) is 14.3. The molecule has 2 aliphatic heterocycles. The molecule has 110 valence electrons. The van der Waals surface area contributed by atoms with E-state index in [-0.39, 0.29) is 23.8 Å². The minimum absolute atomic E-state index is 0.000972. The number of ether oxygens (including phenoxy) is 2. The van der Waals surface area contributed by atoms with Crippen molar-refractivity contribution in [3.63, 3.8) is 0 Å². The molecule has 2 N–H and O–H groups in total. The summed E-state index contributed by atoms with van der Waals surface area (Å²) in [5, 5.41) is 0. The Kier molecular flexibility index (Phi) is 3.48. The van der Waals surface area contributed by atoms with Crippen molar-refractivity contribution < 1.29 is 9.47 Å².